The second-order valence-corrected chi connectivity index (χ2v) is 8.91. The fourth-order valence-electron chi connectivity index (χ4n) is 3.19. The van der Waals surface area contributed by atoms with Gasteiger partial charge in [0.2, 0.25) is 11.8 Å². The number of carbonyl (C=O) groups excluding carboxylic acids is 2. The Kier molecular flexibility index (Phi) is 7.86. The summed E-state index contributed by atoms with van der Waals surface area (Å²) in [5, 5.41) is 3.61. The Labute approximate surface area is 179 Å². The molecule has 156 valence electrons. The molecule has 5 heteroatoms. The van der Waals surface area contributed by atoms with Crippen molar-refractivity contribution in [3.63, 3.8) is 0 Å². The predicted molar refractivity (Wildman–Crippen MR) is 119 cm³/mol. The lowest BCUT2D eigenvalue weighted by molar-refractivity contribution is -0.141. The molecule has 0 fully saturated rings. The van der Waals surface area contributed by atoms with E-state index in [0.29, 0.717) is 18.0 Å². The highest BCUT2D eigenvalue weighted by Crippen LogP contribution is 2.18. The third kappa shape index (κ3) is 7.21. The number of halogens is 1. The first-order valence-corrected chi connectivity index (χ1v) is 10.4. The first kappa shape index (κ1) is 23.0. The summed E-state index contributed by atoms with van der Waals surface area (Å²) in [7, 11) is 0. The molecule has 2 aromatic rings. The second kappa shape index (κ2) is 9.93. The van der Waals surface area contributed by atoms with Crippen molar-refractivity contribution in [3.05, 3.63) is 70.2 Å². The highest BCUT2D eigenvalue weighted by molar-refractivity contribution is 6.30. The van der Waals surface area contributed by atoms with E-state index in [1.807, 2.05) is 71.0 Å². The number of nitrogens with zero attached hydrogens (tertiary/aromatic N) is 1. The van der Waals surface area contributed by atoms with E-state index in [1.54, 1.807) is 17.0 Å². The van der Waals surface area contributed by atoms with Crippen LogP contribution >= 0.6 is 11.6 Å². The van der Waals surface area contributed by atoms with Crippen molar-refractivity contribution >= 4 is 23.4 Å². The monoisotopic (exact) mass is 414 g/mol. The van der Waals surface area contributed by atoms with Crippen LogP contribution in [0.5, 0.6) is 0 Å². The summed E-state index contributed by atoms with van der Waals surface area (Å²) in [5.41, 5.74) is 2.62. The molecule has 0 radical (unpaired) electrons. The Morgan fingerprint density at radius 1 is 1.07 bits per heavy atom. The van der Waals surface area contributed by atoms with Gasteiger partial charge in [-0.1, -0.05) is 60.5 Å². The average Bonchev–Trinajstić information content (AvgIpc) is 2.61. The maximum atomic E-state index is 13.3. The Morgan fingerprint density at radius 3 is 2.28 bits per heavy atom. The summed E-state index contributed by atoms with van der Waals surface area (Å²) in [5.74, 6) is -0.227. The molecule has 0 aliphatic carbocycles. The van der Waals surface area contributed by atoms with Crippen LogP contribution in [0.4, 0.5) is 0 Å². The standard InChI is InChI=1S/C24H31ClN2O2/c1-6-21(23(29)26-24(3,4)5)27(16-18-12-10-17(2)11-13-18)22(28)15-19-8-7-9-20(25)14-19/h7-14,21H,6,15-16H2,1-5H3,(H,26,29)/t21-/m0/s1. The molecule has 2 rings (SSSR count). The summed E-state index contributed by atoms with van der Waals surface area (Å²) in [6.07, 6.45) is 0.737. The van der Waals surface area contributed by atoms with Gasteiger partial charge in [-0.25, -0.2) is 0 Å². The Hall–Kier alpha value is -2.33. The third-order valence-electron chi connectivity index (χ3n) is 4.60. The molecule has 0 aromatic heterocycles. The molecule has 0 unspecified atom stereocenters. The van der Waals surface area contributed by atoms with Crippen molar-refractivity contribution in [3.8, 4) is 0 Å². The van der Waals surface area contributed by atoms with Gasteiger partial charge in [0.15, 0.2) is 0 Å². The molecule has 2 amide bonds. The Bertz CT molecular complexity index is 841. The van der Waals surface area contributed by atoms with Crippen LogP contribution in [0.3, 0.4) is 0 Å². The molecule has 1 atom stereocenters. The lowest BCUT2D eigenvalue weighted by atomic mass is 10.0. The molecule has 29 heavy (non-hydrogen) atoms. The van der Waals surface area contributed by atoms with Gasteiger partial charge < -0.3 is 10.2 Å². The number of carbonyl (C=O) groups is 2. The molecule has 2 aromatic carbocycles. The van der Waals surface area contributed by atoms with Gasteiger partial charge in [0.25, 0.3) is 0 Å². The van der Waals surface area contributed by atoms with Gasteiger partial charge in [-0.15, -0.1) is 0 Å². The number of benzene rings is 2. The van der Waals surface area contributed by atoms with Gasteiger partial charge >= 0.3 is 0 Å². The van der Waals surface area contributed by atoms with E-state index in [4.69, 9.17) is 11.6 Å². The zero-order valence-electron chi connectivity index (χ0n) is 18.0. The second-order valence-electron chi connectivity index (χ2n) is 8.48. The van der Waals surface area contributed by atoms with Gasteiger partial charge in [0, 0.05) is 17.1 Å². The SMILES string of the molecule is CC[C@@H](C(=O)NC(C)(C)C)N(Cc1ccc(C)cc1)C(=O)Cc1cccc(Cl)c1. The average molecular weight is 415 g/mol. The van der Waals surface area contributed by atoms with E-state index in [-0.39, 0.29) is 23.8 Å². The number of hydrogen-bond acceptors (Lipinski definition) is 2. The fraction of sp³-hybridized carbons (Fsp3) is 0.417. The maximum Gasteiger partial charge on any atom is 0.243 e. The van der Waals surface area contributed by atoms with Gasteiger partial charge in [-0.3, -0.25) is 9.59 Å². The van der Waals surface area contributed by atoms with E-state index in [9.17, 15) is 9.59 Å². The number of amides is 2. The predicted octanol–water partition coefficient (Wildman–Crippen LogP) is 4.91. The van der Waals surface area contributed by atoms with Crippen LogP contribution in [0.15, 0.2) is 48.5 Å². The van der Waals surface area contributed by atoms with Crippen molar-refractivity contribution < 1.29 is 9.59 Å². The van der Waals surface area contributed by atoms with Crippen molar-refractivity contribution in [1.82, 2.24) is 10.2 Å². The van der Waals surface area contributed by atoms with E-state index < -0.39 is 6.04 Å². The van der Waals surface area contributed by atoms with E-state index in [1.165, 1.54) is 0 Å². The molecular weight excluding hydrogens is 384 g/mol. The summed E-state index contributed by atoms with van der Waals surface area (Å²) in [6.45, 7) is 10.2. The molecule has 0 aliphatic heterocycles. The minimum absolute atomic E-state index is 0.0937. The molecule has 0 heterocycles. The summed E-state index contributed by atoms with van der Waals surface area (Å²) < 4.78 is 0. The normalized spacial score (nSPS) is 12.3. The van der Waals surface area contributed by atoms with Crippen molar-refractivity contribution in [2.45, 2.75) is 65.6 Å². The van der Waals surface area contributed by atoms with E-state index in [0.717, 1.165) is 16.7 Å². The summed E-state index contributed by atoms with van der Waals surface area (Å²) in [6, 6.07) is 14.8. The zero-order chi connectivity index (χ0) is 21.6. The van der Waals surface area contributed by atoms with Crippen LogP contribution in [0, 0.1) is 6.92 Å². The third-order valence-corrected chi connectivity index (χ3v) is 4.84. The van der Waals surface area contributed by atoms with Crippen LogP contribution < -0.4 is 5.32 Å². The minimum atomic E-state index is -0.540. The maximum absolute atomic E-state index is 13.3. The van der Waals surface area contributed by atoms with Crippen LogP contribution in [-0.2, 0) is 22.6 Å². The number of rotatable bonds is 7. The topological polar surface area (TPSA) is 49.4 Å². The lowest BCUT2D eigenvalue weighted by Gasteiger charge is -2.33. The Balaban J connectivity index is 2.30. The summed E-state index contributed by atoms with van der Waals surface area (Å²) in [4.78, 5) is 27.9. The van der Waals surface area contributed by atoms with Crippen LogP contribution in [0.25, 0.3) is 0 Å². The van der Waals surface area contributed by atoms with Gasteiger partial charge in [-0.2, -0.15) is 0 Å². The van der Waals surface area contributed by atoms with Gasteiger partial charge in [0.05, 0.1) is 6.42 Å². The zero-order valence-corrected chi connectivity index (χ0v) is 18.7. The van der Waals surface area contributed by atoms with Crippen molar-refractivity contribution in [1.29, 1.82) is 0 Å². The van der Waals surface area contributed by atoms with E-state index >= 15 is 0 Å². The molecular formula is C24H31ClN2O2. The minimum Gasteiger partial charge on any atom is -0.350 e. The number of nitrogens with one attached hydrogen (secondary N) is 1. The molecule has 0 saturated carbocycles. The molecule has 0 bridgehead atoms. The molecule has 0 aliphatic rings. The highest BCUT2D eigenvalue weighted by atomic mass is 35.5. The van der Waals surface area contributed by atoms with Crippen molar-refractivity contribution in [2.24, 2.45) is 0 Å². The van der Waals surface area contributed by atoms with Gasteiger partial charge in [-0.05, 0) is 57.4 Å². The molecule has 0 spiro atoms. The van der Waals surface area contributed by atoms with Crippen molar-refractivity contribution in [2.75, 3.05) is 0 Å². The van der Waals surface area contributed by atoms with Gasteiger partial charge in [0.1, 0.15) is 6.04 Å². The number of aryl methyl sites for hydroxylation is 1. The molecule has 4 nitrogen and oxygen atoms in total. The van der Waals surface area contributed by atoms with Crippen LogP contribution in [-0.4, -0.2) is 28.3 Å². The highest BCUT2D eigenvalue weighted by Gasteiger charge is 2.30. The smallest absolute Gasteiger partial charge is 0.243 e. The first-order chi connectivity index (χ1) is 13.6. The van der Waals surface area contributed by atoms with Crippen LogP contribution in [0.1, 0.15) is 50.8 Å². The molecule has 1 N–H and O–H groups in total. The first-order valence-electron chi connectivity index (χ1n) is 10.0. The fourth-order valence-corrected chi connectivity index (χ4v) is 3.40. The quantitative estimate of drug-likeness (QED) is 0.699. The summed E-state index contributed by atoms with van der Waals surface area (Å²) >= 11 is 6.08. The van der Waals surface area contributed by atoms with Crippen LogP contribution in [0.2, 0.25) is 5.02 Å². The van der Waals surface area contributed by atoms with E-state index in [2.05, 4.69) is 5.32 Å². The molecule has 0 saturated heterocycles. The number of hydrogen-bond donors (Lipinski definition) is 1. The largest absolute Gasteiger partial charge is 0.350 e. The lowest BCUT2D eigenvalue weighted by Crippen LogP contribution is -2.53. The Morgan fingerprint density at radius 2 is 1.72 bits per heavy atom.